The van der Waals surface area contributed by atoms with E-state index >= 15 is 0 Å². The Morgan fingerprint density at radius 2 is 2.05 bits per heavy atom. The van der Waals surface area contributed by atoms with E-state index in [1.165, 1.54) is 19.2 Å². The summed E-state index contributed by atoms with van der Waals surface area (Å²) >= 11 is 0. The van der Waals surface area contributed by atoms with Gasteiger partial charge in [0, 0.05) is 6.20 Å². The van der Waals surface area contributed by atoms with Crippen LogP contribution in [0.25, 0.3) is 0 Å². The van der Waals surface area contributed by atoms with E-state index < -0.39 is 15.9 Å². The molecule has 0 aliphatic carbocycles. The van der Waals surface area contributed by atoms with E-state index in [0.29, 0.717) is 5.82 Å². The zero-order chi connectivity index (χ0) is 14.8. The van der Waals surface area contributed by atoms with Crippen LogP contribution in [0.15, 0.2) is 40.0 Å². The molecule has 2 N–H and O–H groups in total. The molecule has 8 heteroatoms. The van der Waals surface area contributed by atoms with Crippen molar-refractivity contribution in [3.8, 4) is 0 Å². The molecule has 0 unspecified atom stereocenters. The minimum Gasteiger partial charge on any atom is -0.438 e. The molecule has 2 aromatic rings. The summed E-state index contributed by atoms with van der Waals surface area (Å²) < 4.78 is 30.1. The van der Waals surface area contributed by atoms with E-state index in [1.54, 1.807) is 18.3 Å². The van der Waals surface area contributed by atoms with Gasteiger partial charge in [-0.2, -0.15) is 0 Å². The fourth-order valence-electron chi connectivity index (χ4n) is 1.47. The molecule has 0 aromatic carbocycles. The lowest BCUT2D eigenvalue weighted by Crippen LogP contribution is -2.18. The van der Waals surface area contributed by atoms with Crippen LogP contribution < -0.4 is 10.0 Å². The molecule has 0 radical (unpaired) electrons. The minimum atomic E-state index is -3.70. The number of furan rings is 1. The number of nitrogens with zero attached hydrogens (tertiary/aromatic N) is 1. The zero-order valence-corrected chi connectivity index (χ0v) is 11.7. The molecular formula is C12H13N3O4S. The molecule has 0 bridgehead atoms. The highest BCUT2D eigenvalue weighted by Crippen LogP contribution is 2.15. The number of aromatic nitrogens is 1. The molecule has 20 heavy (non-hydrogen) atoms. The predicted octanol–water partition coefficient (Wildman–Crippen LogP) is 1.14. The zero-order valence-electron chi connectivity index (χ0n) is 10.9. The van der Waals surface area contributed by atoms with Gasteiger partial charge < -0.3 is 9.73 Å². The lowest BCUT2D eigenvalue weighted by Gasteiger charge is -2.02. The monoisotopic (exact) mass is 295 g/mol. The van der Waals surface area contributed by atoms with E-state index in [4.69, 9.17) is 4.42 Å². The number of amides is 1. The number of nitrogens with one attached hydrogen (secondary N) is 2. The lowest BCUT2D eigenvalue weighted by molar-refractivity contribution is 0.0991. The average molecular weight is 295 g/mol. The van der Waals surface area contributed by atoms with Crippen molar-refractivity contribution in [2.45, 2.75) is 12.0 Å². The van der Waals surface area contributed by atoms with Crippen LogP contribution in [0, 0.1) is 6.92 Å². The van der Waals surface area contributed by atoms with Crippen molar-refractivity contribution in [3.63, 3.8) is 0 Å². The van der Waals surface area contributed by atoms with Gasteiger partial charge in [-0.1, -0.05) is 0 Å². The second-order valence-corrected chi connectivity index (χ2v) is 5.82. The van der Waals surface area contributed by atoms with Crippen LogP contribution in [0.2, 0.25) is 0 Å². The number of aryl methyl sites for hydroxylation is 1. The first-order chi connectivity index (χ1) is 9.42. The number of carbonyl (C=O) groups is 1. The maximum Gasteiger partial charge on any atom is 0.292 e. The average Bonchev–Trinajstić information content (AvgIpc) is 2.89. The molecule has 0 fully saturated rings. The number of hydrogen-bond donors (Lipinski definition) is 2. The van der Waals surface area contributed by atoms with E-state index in [9.17, 15) is 13.2 Å². The van der Waals surface area contributed by atoms with Gasteiger partial charge in [-0.3, -0.25) is 4.79 Å². The highest BCUT2D eigenvalue weighted by molar-refractivity contribution is 7.89. The predicted molar refractivity (Wildman–Crippen MR) is 71.9 cm³/mol. The van der Waals surface area contributed by atoms with Crippen molar-refractivity contribution < 1.29 is 17.6 Å². The van der Waals surface area contributed by atoms with E-state index in [1.807, 2.05) is 6.92 Å². The van der Waals surface area contributed by atoms with Crippen molar-refractivity contribution in [1.82, 2.24) is 9.71 Å². The van der Waals surface area contributed by atoms with E-state index in [2.05, 4.69) is 15.0 Å². The number of pyridine rings is 1. The number of rotatable bonds is 4. The standard InChI is InChI=1S/C12H13N3O4S/c1-8-5-6-14-10(7-8)15-12(16)9-3-4-11(19-9)20(17,18)13-2/h3-7,13H,1-2H3,(H,14,15,16). The van der Waals surface area contributed by atoms with Crippen molar-refractivity contribution in [1.29, 1.82) is 0 Å². The smallest absolute Gasteiger partial charge is 0.292 e. The third-order valence-corrected chi connectivity index (χ3v) is 3.78. The molecule has 2 aromatic heterocycles. The van der Waals surface area contributed by atoms with Crippen molar-refractivity contribution >= 4 is 21.7 Å². The molecule has 7 nitrogen and oxygen atoms in total. The van der Waals surface area contributed by atoms with E-state index in [-0.39, 0.29) is 10.9 Å². The fraction of sp³-hybridized carbons (Fsp3) is 0.167. The number of sulfonamides is 1. The number of hydrogen-bond acceptors (Lipinski definition) is 5. The first-order valence-corrected chi connectivity index (χ1v) is 7.18. The van der Waals surface area contributed by atoms with Gasteiger partial charge in [0.25, 0.3) is 15.9 Å². The summed E-state index contributed by atoms with van der Waals surface area (Å²) in [5.41, 5.74) is 0.938. The fourth-order valence-corrected chi connectivity index (χ4v) is 2.12. The highest BCUT2D eigenvalue weighted by Gasteiger charge is 2.19. The topological polar surface area (TPSA) is 101 Å². The van der Waals surface area contributed by atoms with Gasteiger partial charge in [-0.05, 0) is 43.8 Å². The van der Waals surface area contributed by atoms with Crippen LogP contribution in [-0.4, -0.2) is 26.4 Å². The number of carbonyl (C=O) groups excluding carboxylic acids is 1. The van der Waals surface area contributed by atoms with Crippen molar-refractivity contribution in [2.75, 3.05) is 12.4 Å². The Hall–Kier alpha value is -2.19. The van der Waals surface area contributed by atoms with Gasteiger partial charge in [0.05, 0.1) is 0 Å². The molecule has 2 rings (SSSR count). The molecule has 0 saturated carbocycles. The van der Waals surface area contributed by atoms with E-state index in [0.717, 1.165) is 5.56 Å². The summed E-state index contributed by atoms with van der Waals surface area (Å²) in [4.78, 5) is 15.9. The van der Waals surface area contributed by atoms with Gasteiger partial charge in [0.15, 0.2) is 5.76 Å². The minimum absolute atomic E-state index is 0.109. The van der Waals surface area contributed by atoms with Gasteiger partial charge in [-0.15, -0.1) is 0 Å². The Kier molecular flexibility index (Phi) is 3.86. The molecule has 0 aliphatic heterocycles. The van der Waals surface area contributed by atoms with Gasteiger partial charge >= 0.3 is 0 Å². The summed E-state index contributed by atoms with van der Waals surface area (Å²) in [5.74, 6) is -0.313. The molecule has 0 aliphatic rings. The van der Waals surface area contributed by atoms with Crippen LogP contribution in [0.3, 0.4) is 0 Å². The van der Waals surface area contributed by atoms with Crippen LogP contribution in [0.4, 0.5) is 5.82 Å². The Bertz CT molecular complexity index is 737. The third kappa shape index (κ3) is 3.03. The maximum absolute atomic E-state index is 11.9. The second-order valence-electron chi connectivity index (χ2n) is 4.00. The SMILES string of the molecule is CNS(=O)(=O)c1ccc(C(=O)Nc2cc(C)ccn2)o1. The van der Waals surface area contributed by atoms with Crippen LogP contribution >= 0.6 is 0 Å². The van der Waals surface area contributed by atoms with Crippen LogP contribution in [0.1, 0.15) is 16.1 Å². The first-order valence-electron chi connectivity index (χ1n) is 5.70. The molecule has 0 atom stereocenters. The largest absolute Gasteiger partial charge is 0.438 e. The quantitative estimate of drug-likeness (QED) is 0.881. The highest BCUT2D eigenvalue weighted by atomic mass is 32.2. The third-order valence-electron chi connectivity index (χ3n) is 2.50. The summed E-state index contributed by atoms with van der Waals surface area (Å²) in [6, 6.07) is 5.98. The number of anilines is 1. The maximum atomic E-state index is 11.9. The second kappa shape index (κ2) is 5.43. The lowest BCUT2D eigenvalue weighted by atomic mass is 10.3. The Balaban J connectivity index is 2.19. The molecule has 106 valence electrons. The Labute approximate surface area is 116 Å². The van der Waals surface area contributed by atoms with Crippen LogP contribution in [0.5, 0.6) is 0 Å². The molecule has 0 saturated heterocycles. The molecule has 0 spiro atoms. The van der Waals surface area contributed by atoms with Gasteiger partial charge in [0.2, 0.25) is 5.09 Å². The normalized spacial score (nSPS) is 11.3. The van der Waals surface area contributed by atoms with Gasteiger partial charge in [-0.25, -0.2) is 18.1 Å². The van der Waals surface area contributed by atoms with Crippen LogP contribution in [-0.2, 0) is 10.0 Å². The summed E-state index contributed by atoms with van der Waals surface area (Å²) in [7, 11) is -2.44. The molecule has 1 amide bonds. The Morgan fingerprint density at radius 3 is 2.70 bits per heavy atom. The van der Waals surface area contributed by atoms with Gasteiger partial charge in [0.1, 0.15) is 5.82 Å². The Morgan fingerprint density at radius 1 is 1.30 bits per heavy atom. The summed E-state index contributed by atoms with van der Waals surface area (Å²) in [6.45, 7) is 1.86. The summed E-state index contributed by atoms with van der Waals surface area (Å²) in [5, 5.41) is 2.21. The molecule has 2 heterocycles. The summed E-state index contributed by atoms with van der Waals surface area (Å²) in [6.07, 6.45) is 1.56. The first kappa shape index (κ1) is 14.2. The van der Waals surface area contributed by atoms with Crippen molar-refractivity contribution in [2.24, 2.45) is 0 Å². The van der Waals surface area contributed by atoms with Crippen molar-refractivity contribution in [3.05, 3.63) is 41.8 Å². The molecular weight excluding hydrogens is 282 g/mol.